The summed E-state index contributed by atoms with van der Waals surface area (Å²) in [6, 6.07) is 7.65. The van der Waals surface area contributed by atoms with Gasteiger partial charge in [0.05, 0.1) is 6.54 Å². The summed E-state index contributed by atoms with van der Waals surface area (Å²) in [5.41, 5.74) is 1.06. The molecule has 21 heavy (non-hydrogen) atoms. The van der Waals surface area contributed by atoms with E-state index in [0.29, 0.717) is 26.4 Å². The lowest BCUT2D eigenvalue weighted by molar-refractivity contribution is -0.119. The predicted octanol–water partition coefficient (Wildman–Crippen LogP) is 0.970. The molecule has 1 aliphatic rings. The van der Waals surface area contributed by atoms with Gasteiger partial charge in [-0.25, -0.2) is 0 Å². The topological polar surface area (TPSA) is 56.8 Å². The van der Waals surface area contributed by atoms with Crippen LogP contribution in [-0.4, -0.2) is 39.4 Å². The molecule has 1 heterocycles. The van der Waals surface area contributed by atoms with Crippen molar-refractivity contribution in [1.29, 1.82) is 0 Å². The average Bonchev–Trinajstić information content (AvgIpc) is 2.44. The van der Waals surface area contributed by atoms with Crippen LogP contribution in [0.4, 0.5) is 0 Å². The number of hydrogen-bond acceptors (Lipinski definition) is 4. The molecule has 1 saturated heterocycles. The first-order chi connectivity index (χ1) is 9.96. The molecule has 114 valence electrons. The van der Waals surface area contributed by atoms with Crippen LogP contribution >= 0.6 is 0 Å². The number of benzene rings is 1. The minimum Gasteiger partial charge on any atom is -0.492 e. The molecule has 0 aliphatic carbocycles. The molecule has 0 spiro atoms. The standard InChI is InChI=1S/C15H22BNO4/c1-12(18)17-8-9-19-14-6-4-13(5-7-14)16-20-10-15(2,3)11-21-16/h4-7H,8-11H2,1-3H3,(H,17,18). The normalized spacial score (nSPS) is 17.4. The molecule has 1 fully saturated rings. The molecule has 1 amide bonds. The fourth-order valence-corrected chi connectivity index (χ4v) is 2.00. The van der Waals surface area contributed by atoms with Gasteiger partial charge in [-0.1, -0.05) is 26.0 Å². The Balaban J connectivity index is 1.80. The van der Waals surface area contributed by atoms with Crippen molar-refractivity contribution in [2.24, 2.45) is 5.41 Å². The third kappa shape index (κ3) is 5.06. The first kappa shape index (κ1) is 15.9. The van der Waals surface area contributed by atoms with Gasteiger partial charge in [0.25, 0.3) is 0 Å². The summed E-state index contributed by atoms with van der Waals surface area (Å²) >= 11 is 0. The van der Waals surface area contributed by atoms with Crippen molar-refractivity contribution in [2.45, 2.75) is 20.8 Å². The van der Waals surface area contributed by atoms with Gasteiger partial charge in [-0.2, -0.15) is 0 Å². The van der Waals surface area contributed by atoms with Crippen LogP contribution in [-0.2, 0) is 14.1 Å². The summed E-state index contributed by atoms with van der Waals surface area (Å²) in [6.07, 6.45) is 0. The molecule has 5 nitrogen and oxygen atoms in total. The minimum atomic E-state index is -0.300. The number of amides is 1. The van der Waals surface area contributed by atoms with Gasteiger partial charge in [0.1, 0.15) is 12.4 Å². The molecular formula is C15H22BNO4. The number of ether oxygens (including phenoxy) is 1. The van der Waals surface area contributed by atoms with Crippen LogP contribution in [0.15, 0.2) is 24.3 Å². The van der Waals surface area contributed by atoms with Gasteiger partial charge in [0, 0.05) is 25.6 Å². The number of nitrogens with one attached hydrogen (secondary N) is 1. The molecule has 1 aromatic carbocycles. The SMILES string of the molecule is CC(=O)NCCOc1ccc(B2OCC(C)(C)CO2)cc1. The maximum Gasteiger partial charge on any atom is 0.493 e. The Morgan fingerprint density at radius 2 is 1.90 bits per heavy atom. The summed E-state index contributed by atoms with van der Waals surface area (Å²) in [6.45, 7) is 8.05. The van der Waals surface area contributed by atoms with E-state index in [4.69, 9.17) is 14.0 Å². The van der Waals surface area contributed by atoms with Gasteiger partial charge >= 0.3 is 7.12 Å². The lowest BCUT2D eigenvalue weighted by Crippen LogP contribution is -2.47. The number of carbonyl (C=O) groups excluding carboxylic acids is 1. The molecule has 0 bridgehead atoms. The molecule has 6 heteroatoms. The van der Waals surface area contributed by atoms with Crippen molar-refractivity contribution in [3.05, 3.63) is 24.3 Å². The Hall–Kier alpha value is -1.53. The Labute approximate surface area is 126 Å². The Kier molecular flexibility index (Phi) is 5.25. The highest BCUT2D eigenvalue weighted by molar-refractivity contribution is 6.61. The van der Waals surface area contributed by atoms with E-state index in [1.165, 1.54) is 6.92 Å². The summed E-state index contributed by atoms with van der Waals surface area (Å²) in [7, 11) is -0.300. The van der Waals surface area contributed by atoms with Crippen molar-refractivity contribution in [3.8, 4) is 5.75 Å². The second-order valence-electron chi connectivity index (χ2n) is 6.02. The smallest absolute Gasteiger partial charge is 0.492 e. The van der Waals surface area contributed by atoms with Crippen molar-refractivity contribution in [1.82, 2.24) is 5.32 Å². The van der Waals surface area contributed by atoms with Crippen LogP contribution in [0.3, 0.4) is 0 Å². The number of carbonyl (C=O) groups is 1. The second kappa shape index (κ2) is 6.96. The van der Waals surface area contributed by atoms with Crippen LogP contribution in [0, 0.1) is 5.41 Å². The van der Waals surface area contributed by atoms with Gasteiger partial charge in [-0.15, -0.1) is 0 Å². The number of rotatable bonds is 5. The monoisotopic (exact) mass is 291 g/mol. The molecule has 0 aromatic heterocycles. The Morgan fingerprint density at radius 3 is 2.48 bits per heavy atom. The van der Waals surface area contributed by atoms with E-state index in [1.54, 1.807) is 0 Å². The maximum atomic E-state index is 10.7. The third-order valence-corrected chi connectivity index (χ3v) is 3.15. The zero-order valence-corrected chi connectivity index (χ0v) is 12.8. The van der Waals surface area contributed by atoms with E-state index < -0.39 is 0 Å². The zero-order chi connectivity index (χ0) is 15.3. The maximum absolute atomic E-state index is 10.7. The summed E-state index contributed by atoms with van der Waals surface area (Å²) in [5, 5.41) is 2.68. The Bertz CT molecular complexity index is 465. The highest BCUT2D eigenvalue weighted by atomic mass is 16.6. The third-order valence-electron chi connectivity index (χ3n) is 3.15. The van der Waals surface area contributed by atoms with Gasteiger partial charge in [0.15, 0.2) is 0 Å². The van der Waals surface area contributed by atoms with E-state index >= 15 is 0 Å². The van der Waals surface area contributed by atoms with Crippen LogP contribution < -0.4 is 15.5 Å². The summed E-state index contributed by atoms with van der Waals surface area (Å²) in [4.78, 5) is 10.7. The van der Waals surface area contributed by atoms with Crippen molar-refractivity contribution in [2.75, 3.05) is 26.4 Å². The van der Waals surface area contributed by atoms with Crippen molar-refractivity contribution in [3.63, 3.8) is 0 Å². The molecule has 1 aromatic rings. The minimum absolute atomic E-state index is 0.0523. The first-order valence-corrected chi connectivity index (χ1v) is 7.17. The second-order valence-corrected chi connectivity index (χ2v) is 6.02. The first-order valence-electron chi connectivity index (χ1n) is 7.17. The van der Waals surface area contributed by atoms with Crippen LogP contribution in [0.25, 0.3) is 0 Å². The molecule has 0 saturated carbocycles. The lowest BCUT2D eigenvalue weighted by Gasteiger charge is -2.33. The Morgan fingerprint density at radius 1 is 1.29 bits per heavy atom. The van der Waals surface area contributed by atoms with Crippen LogP contribution in [0.5, 0.6) is 5.75 Å². The fraction of sp³-hybridized carbons (Fsp3) is 0.533. The van der Waals surface area contributed by atoms with Crippen molar-refractivity contribution < 1.29 is 18.8 Å². The van der Waals surface area contributed by atoms with E-state index in [9.17, 15) is 4.79 Å². The van der Waals surface area contributed by atoms with E-state index in [2.05, 4.69) is 19.2 Å². The quantitative estimate of drug-likeness (QED) is 0.649. The highest BCUT2D eigenvalue weighted by Gasteiger charge is 2.33. The van der Waals surface area contributed by atoms with Crippen molar-refractivity contribution >= 4 is 18.5 Å². The average molecular weight is 291 g/mol. The van der Waals surface area contributed by atoms with E-state index in [1.807, 2.05) is 24.3 Å². The van der Waals surface area contributed by atoms with Crippen LogP contribution in [0.2, 0.25) is 0 Å². The van der Waals surface area contributed by atoms with Gasteiger partial charge in [0.2, 0.25) is 5.91 Å². The largest absolute Gasteiger partial charge is 0.493 e. The van der Waals surface area contributed by atoms with Gasteiger partial charge < -0.3 is 19.4 Å². The van der Waals surface area contributed by atoms with Gasteiger partial charge in [-0.05, 0) is 17.6 Å². The summed E-state index contributed by atoms with van der Waals surface area (Å²) in [5.74, 6) is 0.712. The molecule has 1 aliphatic heterocycles. The highest BCUT2D eigenvalue weighted by Crippen LogP contribution is 2.21. The van der Waals surface area contributed by atoms with E-state index in [0.717, 1.165) is 11.2 Å². The predicted molar refractivity (Wildman–Crippen MR) is 81.7 cm³/mol. The molecular weight excluding hydrogens is 269 g/mol. The zero-order valence-electron chi connectivity index (χ0n) is 12.8. The molecule has 1 N–H and O–H groups in total. The molecule has 0 radical (unpaired) electrons. The van der Waals surface area contributed by atoms with Crippen LogP contribution in [0.1, 0.15) is 20.8 Å². The fourth-order valence-electron chi connectivity index (χ4n) is 2.00. The molecule has 2 rings (SSSR count). The van der Waals surface area contributed by atoms with E-state index in [-0.39, 0.29) is 18.4 Å². The lowest BCUT2D eigenvalue weighted by atomic mass is 9.76. The summed E-state index contributed by atoms with van der Waals surface area (Å²) < 4.78 is 17.0. The molecule has 0 unspecified atom stereocenters. The molecule has 0 atom stereocenters. The van der Waals surface area contributed by atoms with Gasteiger partial charge in [-0.3, -0.25) is 4.79 Å². The number of hydrogen-bond donors (Lipinski definition) is 1.